The summed E-state index contributed by atoms with van der Waals surface area (Å²) in [7, 11) is 1.64. The second kappa shape index (κ2) is 12.5. The molecule has 0 amide bonds. The molecule has 0 aliphatic heterocycles. The Labute approximate surface area is 211 Å². The lowest BCUT2D eigenvalue weighted by Gasteiger charge is -2.31. The van der Waals surface area contributed by atoms with Gasteiger partial charge in [0, 0.05) is 36.3 Å². The summed E-state index contributed by atoms with van der Waals surface area (Å²) in [6, 6.07) is 16.1. The molecule has 0 aliphatic carbocycles. The van der Waals surface area contributed by atoms with Crippen molar-refractivity contribution in [3.8, 4) is 17.5 Å². The first kappa shape index (κ1) is 26.4. The van der Waals surface area contributed by atoms with Crippen LogP contribution in [-0.4, -0.2) is 44.4 Å². The zero-order valence-corrected chi connectivity index (χ0v) is 20.9. The Morgan fingerprint density at radius 3 is 2.37 bits per heavy atom. The summed E-state index contributed by atoms with van der Waals surface area (Å²) >= 11 is 6.05. The number of methoxy groups -OCH3 is 1. The van der Waals surface area contributed by atoms with E-state index in [1.54, 1.807) is 19.2 Å². The quantitative estimate of drug-likeness (QED) is 0.282. The number of aromatic hydroxyl groups is 2. The summed E-state index contributed by atoms with van der Waals surface area (Å²) < 4.78 is 7.11. The predicted octanol–water partition coefficient (Wildman–Crippen LogP) is 5.62. The second-order valence-electron chi connectivity index (χ2n) is 8.59. The van der Waals surface area contributed by atoms with Crippen molar-refractivity contribution < 1.29 is 24.9 Å². The summed E-state index contributed by atoms with van der Waals surface area (Å²) in [6.45, 7) is 3.89. The third kappa shape index (κ3) is 7.16. The minimum Gasteiger partial charge on any atom is -0.496 e. The van der Waals surface area contributed by atoms with Crippen LogP contribution in [0.5, 0.6) is 17.5 Å². The van der Waals surface area contributed by atoms with Crippen LogP contribution in [0, 0.1) is 0 Å². The van der Waals surface area contributed by atoms with Gasteiger partial charge in [0.1, 0.15) is 5.75 Å². The van der Waals surface area contributed by atoms with Crippen LogP contribution in [0.15, 0.2) is 54.6 Å². The number of benzene rings is 2. The fourth-order valence-electron chi connectivity index (χ4n) is 4.37. The molecular formula is C27H33ClN2O5. The molecule has 1 heterocycles. The minimum absolute atomic E-state index is 0.00403. The highest BCUT2D eigenvalue weighted by Crippen LogP contribution is 2.30. The molecule has 0 fully saturated rings. The minimum atomic E-state index is -0.848. The van der Waals surface area contributed by atoms with E-state index in [0.29, 0.717) is 31.0 Å². The zero-order valence-electron chi connectivity index (χ0n) is 20.2. The van der Waals surface area contributed by atoms with Crippen molar-refractivity contribution >= 4 is 17.6 Å². The van der Waals surface area contributed by atoms with Gasteiger partial charge in [0.25, 0.3) is 0 Å². The Morgan fingerprint density at radius 2 is 1.77 bits per heavy atom. The topological polar surface area (TPSA) is 95.2 Å². The van der Waals surface area contributed by atoms with E-state index in [1.807, 2.05) is 30.3 Å². The van der Waals surface area contributed by atoms with Gasteiger partial charge >= 0.3 is 5.97 Å². The number of carboxylic acids is 1. The van der Waals surface area contributed by atoms with Gasteiger partial charge in [-0.3, -0.25) is 14.3 Å². The van der Waals surface area contributed by atoms with Crippen LogP contribution in [0.1, 0.15) is 48.9 Å². The van der Waals surface area contributed by atoms with Crippen molar-refractivity contribution in [1.29, 1.82) is 0 Å². The molecule has 1 unspecified atom stereocenters. The highest BCUT2D eigenvalue weighted by molar-refractivity contribution is 6.30. The maximum Gasteiger partial charge on any atom is 0.305 e. The summed E-state index contributed by atoms with van der Waals surface area (Å²) in [5.41, 5.74) is 2.98. The number of halogens is 1. The van der Waals surface area contributed by atoms with Gasteiger partial charge < -0.3 is 20.1 Å². The number of carbonyl (C=O) groups is 1. The molecule has 0 bridgehead atoms. The molecule has 1 aromatic heterocycles. The Morgan fingerprint density at radius 1 is 1.09 bits per heavy atom. The molecule has 0 saturated heterocycles. The fourth-order valence-corrected chi connectivity index (χ4v) is 4.50. The molecule has 0 saturated carbocycles. The molecule has 0 radical (unpaired) electrons. The van der Waals surface area contributed by atoms with Gasteiger partial charge in [-0.1, -0.05) is 42.8 Å². The molecule has 7 nitrogen and oxygen atoms in total. The van der Waals surface area contributed by atoms with Gasteiger partial charge in [0.2, 0.25) is 0 Å². The predicted molar refractivity (Wildman–Crippen MR) is 136 cm³/mol. The maximum absolute atomic E-state index is 11.7. The third-order valence-corrected chi connectivity index (χ3v) is 6.33. The van der Waals surface area contributed by atoms with Crippen molar-refractivity contribution in [3.05, 3.63) is 76.3 Å². The lowest BCUT2D eigenvalue weighted by atomic mass is 10.00. The first-order chi connectivity index (χ1) is 16.8. The Kier molecular flexibility index (Phi) is 9.46. The molecule has 3 N–H and O–H groups in total. The molecule has 8 heteroatoms. The fraction of sp³-hybridized carbons (Fsp3) is 0.370. The lowest BCUT2D eigenvalue weighted by molar-refractivity contribution is -0.138. The van der Waals surface area contributed by atoms with Crippen LogP contribution in [0.25, 0.3) is 0 Å². The number of hydrogen-bond donors (Lipinski definition) is 3. The Balaban J connectivity index is 1.76. The number of aliphatic carboxylic acids is 1. The Hall–Kier alpha value is -3.16. The number of nitrogens with zero attached hydrogens (tertiary/aromatic N) is 2. The van der Waals surface area contributed by atoms with Gasteiger partial charge in [-0.05, 0) is 60.7 Å². The van der Waals surface area contributed by atoms with Crippen LogP contribution in [-0.2, 0) is 24.3 Å². The highest BCUT2D eigenvalue weighted by Gasteiger charge is 2.23. The number of rotatable bonds is 13. The van der Waals surface area contributed by atoms with Crippen molar-refractivity contribution in [1.82, 2.24) is 9.47 Å². The van der Waals surface area contributed by atoms with Gasteiger partial charge in [-0.2, -0.15) is 0 Å². The molecular weight excluding hydrogens is 468 g/mol. The van der Waals surface area contributed by atoms with E-state index in [-0.39, 0.29) is 24.2 Å². The maximum atomic E-state index is 11.7. The van der Waals surface area contributed by atoms with Crippen LogP contribution in [0.3, 0.4) is 0 Å². The highest BCUT2D eigenvalue weighted by atomic mass is 35.5. The molecule has 188 valence electrons. The molecule has 1 atom stereocenters. The Bertz CT molecular complexity index is 1090. The van der Waals surface area contributed by atoms with Crippen LogP contribution >= 0.6 is 11.6 Å². The summed E-state index contributed by atoms with van der Waals surface area (Å²) in [6.07, 6.45) is 2.31. The molecule has 0 spiro atoms. The van der Waals surface area contributed by atoms with Crippen molar-refractivity contribution in [2.75, 3.05) is 13.7 Å². The van der Waals surface area contributed by atoms with Crippen LogP contribution in [0.2, 0.25) is 5.02 Å². The first-order valence-electron chi connectivity index (χ1n) is 11.8. The zero-order chi connectivity index (χ0) is 25.4. The average molecular weight is 501 g/mol. The number of hydrogen-bond acceptors (Lipinski definition) is 5. The van der Waals surface area contributed by atoms with Crippen LogP contribution < -0.4 is 4.74 Å². The number of aryl methyl sites for hydroxylation is 1. The second-order valence-corrected chi connectivity index (χ2v) is 9.02. The van der Waals surface area contributed by atoms with Crippen molar-refractivity contribution in [3.63, 3.8) is 0 Å². The summed E-state index contributed by atoms with van der Waals surface area (Å²) in [5.74, 6) is -0.00483. The lowest BCUT2D eigenvalue weighted by Crippen LogP contribution is -2.31. The monoisotopic (exact) mass is 500 g/mol. The van der Waals surface area contributed by atoms with Crippen molar-refractivity contribution in [2.45, 2.75) is 51.7 Å². The van der Waals surface area contributed by atoms with E-state index in [2.05, 4.69) is 11.8 Å². The summed E-state index contributed by atoms with van der Waals surface area (Å²) in [4.78, 5) is 13.9. The van der Waals surface area contributed by atoms with E-state index >= 15 is 0 Å². The first-order valence-corrected chi connectivity index (χ1v) is 12.1. The van der Waals surface area contributed by atoms with Gasteiger partial charge in [0.05, 0.1) is 13.5 Å². The number of aromatic nitrogens is 1. The van der Waals surface area contributed by atoms with Crippen molar-refractivity contribution in [2.24, 2.45) is 0 Å². The van der Waals surface area contributed by atoms with E-state index in [4.69, 9.17) is 16.3 Å². The normalized spacial score (nSPS) is 12.1. The third-order valence-electron chi connectivity index (χ3n) is 6.07. The van der Waals surface area contributed by atoms with E-state index in [0.717, 1.165) is 35.4 Å². The molecule has 0 aliphatic rings. The molecule has 3 rings (SSSR count). The van der Waals surface area contributed by atoms with Gasteiger partial charge in [-0.25, -0.2) is 0 Å². The van der Waals surface area contributed by atoms with Gasteiger partial charge in [-0.15, -0.1) is 0 Å². The summed E-state index contributed by atoms with van der Waals surface area (Å²) in [5, 5.41) is 29.8. The van der Waals surface area contributed by atoms with E-state index in [1.165, 1.54) is 16.7 Å². The SMILES string of the molecule is CCCN(Cc1ccc(CCCn2c(O)ccc2O)c(OC)c1)C(CC(=O)O)c1ccc(Cl)cc1. The van der Waals surface area contributed by atoms with Crippen LogP contribution in [0.4, 0.5) is 0 Å². The standard InChI is InChI=1S/C27H33ClN2O5/c1-3-14-29(23(17-27(33)34)20-8-10-22(28)11-9-20)18-19-6-7-21(24(16-19)35-2)5-4-15-30-25(31)12-13-26(30)32/h6-13,16,23,31-32H,3-5,14-15,17-18H2,1-2H3,(H,33,34). The number of carboxylic acid groups (broad SMARTS) is 1. The molecule has 35 heavy (non-hydrogen) atoms. The molecule has 2 aromatic carbocycles. The van der Waals surface area contributed by atoms with E-state index < -0.39 is 5.97 Å². The molecule has 3 aromatic rings. The van der Waals surface area contributed by atoms with Gasteiger partial charge in [0.15, 0.2) is 11.8 Å². The van der Waals surface area contributed by atoms with E-state index in [9.17, 15) is 20.1 Å². The average Bonchev–Trinajstić information content (AvgIpc) is 3.15. The smallest absolute Gasteiger partial charge is 0.305 e. The largest absolute Gasteiger partial charge is 0.496 e. The number of ether oxygens (including phenoxy) is 1.